The predicted octanol–water partition coefficient (Wildman–Crippen LogP) is 4.24. The van der Waals surface area contributed by atoms with Gasteiger partial charge in [-0.2, -0.15) is 12.1 Å². The van der Waals surface area contributed by atoms with Gasteiger partial charge in [-0.25, -0.2) is 4.98 Å². The Hall–Kier alpha value is -2.17. The molecule has 1 aliphatic heterocycles. The zero-order valence-electron chi connectivity index (χ0n) is 13.7. The van der Waals surface area contributed by atoms with Gasteiger partial charge in [0.15, 0.2) is 6.29 Å². The Morgan fingerprint density at radius 1 is 1.21 bits per heavy atom. The average molecular weight is 322 g/mol. The van der Waals surface area contributed by atoms with Crippen LogP contribution in [0.3, 0.4) is 0 Å². The van der Waals surface area contributed by atoms with Gasteiger partial charge in [0.1, 0.15) is 0 Å². The second-order valence-electron chi connectivity index (χ2n) is 5.99. The summed E-state index contributed by atoms with van der Waals surface area (Å²) in [6.07, 6.45) is 3.12. The Balaban J connectivity index is 1.76. The molecule has 24 heavy (non-hydrogen) atoms. The van der Waals surface area contributed by atoms with Crippen molar-refractivity contribution < 1.29 is 14.2 Å². The fourth-order valence-corrected chi connectivity index (χ4v) is 3.27. The molecule has 124 valence electrons. The SMILES string of the molecule is COc1nc2cc[c-]c(COC3CCCCO3)c2c2ccccc12. The molecule has 1 aliphatic rings. The van der Waals surface area contributed by atoms with Gasteiger partial charge in [0.05, 0.1) is 13.7 Å². The van der Waals surface area contributed by atoms with E-state index in [0.29, 0.717) is 12.5 Å². The molecule has 4 heteroatoms. The Bertz CT molecular complexity index is 856. The topological polar surface area (TPSA) is 40.6 Å². The third kappa shape index (κ3) is 2.83. The molecule has 0 aliphatic carbocycles. The Kier molecular flexibility index (Phi) is 4.32. The molecule has 1 unspecified atom stereocenters. The predicted molar refractivity (Wildman–Crippen MR) is 93.0 cm³/mol. The molecule has 3 aromatic rings. The fourth-order valence-electron chi connectivity index (χ4n) is 3.27. The lowest BCUT2D eigenvalue weighted by molar-refractivity contribution is -0.168. The summed E-state index contributed by atoms with van der Waals surface area (Å²) < 4.78 is 17.1. The standard InChI is InChI=1S/C20H20NO3/c1-22-20-16-9-3-2-8-15(16)19-14(7-6-10-17(19)21-20)13-24-18-11-4-5-12-23-18/h2-3,6,8-10,18H,4-5,11-13H2,1H3/q-1. The molecule has 0 saturated carbocycles. The molecule has 1 fully saturated rings. The van der Waals surface area contributed by atoms with Crippen molar-refractivity contribution in [2.45, 2.75) is 32.2 Å². The van der Waals surface area contributed by atoms with Gasteiger partial charge < -0.3 is 14.2 Å². The lowest BCUT2D eigenvalue weighted by atomic mass is 10.0. The fraction of sp³-hybridized carbons (Fsp3) is 0.350. The summed E-state index contributed by atoms with van der Waals surface area (Å²) in [5, 5.41) is 3.19. The first-order valence-electron chi connectivity index (χ1n) is 8.36. The smallest absolute Gasteiger partial charge is 0.218 e. The highest BCUT2D eigenvalue weighted by Gasteiger charge is 2.14. The van der Waals surface area contributed by atoms with E-state index in [1.165, 1.54) is 0 Å². The highest BCUT2D eigenvalue weighted by Crippen LogP contribution is 2.32. The highest BCUT2D eigenvalue weighted by atomic mass is 16.7. The quantitative estimate of drug-likeness (QED) is 0.532. The summed E-state index contributed by atoms with van der Waals surface area (Å²) >= 11 is 0. The van der Waals surface area contributed by atoms with Crippen LogP contribution in [-0.2, 0) is 16.1 Å². The minimum Gasteiger partial charge on any atom is -0.481 e. The summed E-state index contributed by atoms with van der Waals surface area (Å²) in [5.74, 6) is 0.645. The number of benzene rings is 2. The van der Waals surface area contributed by atoms with E-state index in [4.69, 9.17) is 14.2 Å². The molecule has 2 aromatic carbocycles. The first-order chi connectivity index (χ1) is 11.9. The zero-order chi connectivity index (χ0) is 16.4. The van der Waals surface area contributed by atoms with Crippen molar-refractivity contribution in [3.05, 3.63) is 48.0 Å². The van der Waals surface area contributed by atoms with Gasteiger partial charge in [0.2, 0.25) is 5.88 Å². The lowest BCUT2D eigenvalue weighted by Gasteiger charge is -2.24. The van der Waals surface area contributed by atoms with Crippen LogP contribution in [0.15, 0.2) is 36.4 Å². The van der Waals surface area contributed by atoms with Crippen LogP contribution in [0.1, 0.15) is 24.8 Å². The number of hydrogen-bond acceptors (Lipinski definition) is 4. The van der Waals surface area contributed by atoms with Gasteiger partial charge >= 0.3 is 0 Å². The van der Waals surface area contributed by atoms with E-state index >= 15 is 0 Å². The number of ether oxygens (including phenoxy) is 3. The van der Waals surface area contributed by atoms with Gasteiger partial charge in [0, 0.05) is 12.0 Å². The molecule has 0 N–H and O–H groups in total. The maximum atomic E-state index is 5.97. The minimum absolute atomic E-state index is 0.111. The van der Waals surface area contributed by atoms with Crippen molar-refractivity contribution in [2.75, 3.05) is 13.7 Å². The normalized spacial score (nSPS) is 18.1. The van der Waals surface area contributed by atoms with Gasteiger partial charge in [0.25, 0.3) is 0 Å². The Morgan fingerprint density at radius 3 is 2.88 bits per heavy atom. The molecule has 0 spiro atoms. The number of nitrogens with zero attached hydrogens (tertiary/aromatic N) is 1. The first kappa shape index (κ1) is 15.4. The van der Waals surface area contributed by atoms with Gasteiger partial charge in [-0.15, -0.1) is 11.6 Å². The second-order valence-corrected chi connectivity index (χ2v) is 5.99. The van der Waals surface area contributed by atoms with Crippen LogP contribution < -0.4 is 4.74 Å². The zero-order valence-corrected chi connectivity index (χ0v) is 13.7. The number of rotatable bonds is 4. The molecule has 1 saturated heterocycles. The van der Waals surface area contributed by atoms with Gasteiger partial charge in [-0.1, -0.05) is 35.0 Å². The van der Waals surface area contributed by atoms with Gasteiger partial charge in [-0.3, -0.25) is 0 Å². The molecule has 1 atom stereocenters. The number of aromatic nitrogens is 1. The molecule has 1 aromatic heterocycles. The van der Waals surface area contributed by atoms with E-state index in [9.17, 15) is 0 Å². The third-order valence-corrected chi connectivity index (χ3v) is 4.45. The van der Waals surface area contributed by atoms with E-state index in [-0.39, 0.29) is 6.29 Å². The van der Waals surface area contributed by atoms with Crippen molar-refractivity contribution in [2.24, 2.45) is 0 Å². The van der Waals surface area contributed by atoms with Crippen molar-refractivity contribution in [3.8, 4) is 5.88 Å². The van der Waals surface area contributed by atoms with E-state index in [1.54, 1.807) is 7.11 Å². The van der Waals surface area contributed by atoms with Gasteiger partial charge in [-0.05, 0) is 24.8 Å². The Morgan fingerprint density at radius 2 is 2.08 bits per heavy atom. The summed E-state index contributed by atoms with van der Waals surface area (Å²) in [5.41, 5.74) is 1.90. The molecule has 4 nitrogen and oxygen atoms in total. The second kappa shape index (κ2) is 6.75. The monoisotopic (exact) mass is 322 g/mol. The van der Waals surface area contributed by atoms with Crippen molar-refractivity contribution >= 4 is 21.7 Å². The first-order valence-corrected chi connectivity index (χ1v) is 8.36. The van der Waals surface area contributed by atoms with Crippen LogP contribution in [0.5, 0.6) is 5.88 Å². The van der Waals surface area contributed by atoms with Crippen molar-refractivity contribution in [1.82, 2.24) is 4.98 Å². The number of pyridine rings is 1. The molecule has 0 amide bonds. The number of fused-ring (bicyclic) bond motifs is 3. The maximum Gasteiger partial charge on any atom is 0.218 e. The average Bonchev–Trinajstić information content (AvgIpc) is 2.66. The van der Waals surface area contributed by atoms with Crippen LogP contribution in [0.2, 0.25) is 0 Å². The van der Waals surface area contributed by atoms with E-state index < -0.39 is 0 Å². The van der Waals surface area contributed by atoms with E-state index in [0.717, 1.165) is 53.1 Å². The summed E-state index contributed by atoms with van der Waals surface area (Å²) in [6.45, 7) is 1.26. The molecular weight excluding hydrogens is 302 g/mol. The van der Waals surface area contributed by atoms with Crippen molar-refractivity contribution in [3.63, 3.8) is 0 Å². The third-order valence-electron chi connectivity index (χ3n) is 4.45. The summed E-state index contributed by atoms with van der Waals surface area (Å²) in [6, 6.07) is 15.3. The number of methoxy groups -OCH3 is 1. The van der Waals surface area contributed by atoms with Crippen LogP contribution in [0.25, 0.3) is 21.7 Å². The lowest BCUT2D eigenvalue weighted by Crippen LogP contribution is -2.22. The molecule has 2 heterocycles. The van der Waals surface area contributed by atoms with Crippen LogP contribution in [0.4, 0.5) is 0 Å². The van der Waals surface area contributed by atoms with E-state index in [1.807, 2.05) is 30.3 Å². The molecule has 4 rings (SSSR count). The van der Waals surface area contributed by atoms with Crippen LogP contribution in [-0.4, -0.2) is 25.0 Å². The summed E-state index contributed by atoms with van der Waals surface area (Å²) in [4.78, 5) is 4.65. The van der Waals surface area contributed by atoms with Crippen molar-refractivity contribution in [1.29, 1.82) is 0 Å². The largest absolute Gasteiger partial charge is 0.481 e. The molecular formula is C20H20NO3-. The van der Waals surface area contributed by atoms with Crippen LogP contribution in [0, 0.1) is 6.07 Å². The van der Waals surface area contributed by atoms with Crippen LogP contribution >= 0.6 is 0 Å². The molecule has 0 bridgehead atoms. The number of hydrogen-bond donors (Lipinski definition) is 0. The Labute approximate surface area is 141 Å². The maximum absolute atomic E-state index is 5.97. The minimum atomic E-state index is -0.111. The summed E-state index contributed by atoms with van der Waals surface area (Å²) in [7, 11) is 1.65. The highest BCUT2D eigenvalue weighted by molar-refractivity contribution is 6.09. The van der Waals surface area contributed by atoms with E-state index in [2.05, 4.69) is 17.1 Å². The molecule has 0 radical (unpaired) electrons.